The van der Waals surface area contributed by atoms with E-state index in [2.05, 4.69) is 51.7 Å². The largest absolute Gasteiger partial charge is 0.496 e. The van der Waals surface area contributed by atoms with E-state index in [0.717, 1.165) is 18.3 Å². The van der Waals surface area contributed by atoms with Gasteiger partial charge in [0, 0.05) is 43.7 Å². The second-order valence-corrected chi connectivity index (χ2v) is 8.37. The second-order valence-electron chi connectivity index (χ2n) is 8.37. The molecule has 1 saturated heterocycles. The van der Waals surface area contributed by atoms with Crippen molar-refractivity contribution in [1.82, 2.24) is 15.5 Å². The van der Waals surface area contributed by atoms with Crippen LogP contribution in [0.1, 0.15) is 57.4 Å². The zero-order valence-corrected chi connectivity index (χ0v) is 18.0. The molecule has 0 radical (unpaired) electrons. The van der Waals surface area contributed by atoms with Crippen molar-refractivity contribution in [2.75, 3.05) is 40.3 Å². The van der Waals surface area contributed by atoms with Gasteiger partial charge in [-0.3, -0.25) is 4.99 Å². The third-order valence-corrected chi connectivity index (χ3v) is 6.53. The topological polar surface area (TPSA) is 48.9 Å². The van der Waals surface area contributed by atoms with Crippen molar-refractivity contribution >= 4 is 5.96 Å². The monoisotopic (exact) mass is 386 g/mol. The van der Waals surface area contributed by atoms with Gasteiger partial charge in [0.1, 0.15) is 5.75 Å². The van der Waals surface area contributed by atoms with E-state index in [-0.39, 0.29) is 5.41 Å². The highest BCUT2D eigenvalue weighted by molar-refractivity contribution is 5.80. The molecule has 0 amide bonds. The fourth-order valence-electron chi connectivity index (χ4n) is 4.93. The lowest BCUT2D eigenvalue weighted by Crippen LogP contribution is -2.51. The molecular weight excluding hydrogens is 348 g/mol. The van der Waals surface area contributed by atoms with Gasteiger partial charge in [-0.05, 0) is 44.7 Å². The third kappa shape index (κ3) is 4.99. The first-order valence-corrected chi connectivity index (χ1v) is 11.0. The van der Waals surface area contributed by atoms with Gasteiger partial charge in [0.2, 0.25) is 0 Å². The van der Waals surface area contributed by atoms with Crippen LogP contribution in [0.5, 0.6) is 5.75 Å². The summed E-state index contributed by atoms with van der Waals surface area (Å²) in [6.45, 7) is 6.76. The van der Waals surface area contributed by atoms with Crippen molar-refractivity contribution in [1.29, 1.82) is 0 Å². The van der Waals surface area contributed by atoms with E-state index in [0.29, 0.717) is 6.04 Å². The number of rotatable bonds is 7. The van der Waals surface area contributed by atoms with Crippen LogP contribution < -0.4 is 15.4 Å². The summed E-state index contributed by atoms with van der Waals surface area (Å²) in [5, 5.41) is 7.33. The maximum Gasteiger partial charge on any atom is 0.191 e. The summed E-state index contributed by atoms with van der Waals surface area (Å²) >= 11 is 0. The summed E-state index contributed by atoms with van der Waals surface area (Å²) in [6, 6.07) is 9.04. The van der Waals surface area contributed by atoms with E-state index >= 15 is 0 Å². The lowest BCUT2D eigenvalue weighted by atomic mass is 9.78. The van der Waals surface area contributed by atoms with Crippen LogP contribution in [-0.2, 0) is 5.41 Å². The van der Waals surface area contributed by atoms with Gasteiger partial charge in [-0.15, -0.1) is 0 Å². The Balaban J connectivity index is 1.60. The molecule has 0 spiro atoms. The third-order valence-electron chi connectivity index (χ3n) is 6.53. The number of benzene rings is 1. The summed E-state index contributed by atoms with van der Waals surface area (Å²) in [5.41, 5.74) is 1.47. The lowest BCUT2D eigenvalue weighted by Gasteiger charge is -2.34. The van der Waals surface area contributed by atoms with Crippen LogP contribution in [0.3, 0.4) is 0 Å². The average molecular weight is 387 g/mol. The zero-order valence-electron chi connectivity index (χ0n) is 18.0. The van der Waals surface area contributed by atoms with Crippen LogP contribution in [0.25, 0.3) is 0 Å². The fourth-order valence-corrected chi connectivity index (χ4v) is 4.93. The van der Waals surface area contributed by atoms with E-state index in [1.807, 2.05) is 7.05 Å². The normalized spacial score (nSPS) is 20.9. The molecule has 28 heavy (non-hydrogen) atoms. The number of ether oxygens (including phenoxy) is 1. The first kappa shape index (κ1) is 21.0. The molecule has 5 nitrogen and oxygen atoms in total. The molecule has 0 unspecified atom stereocenters. The Morgan fingerprint density at radius 1 is 1.21 bits per heavy atom. The van der Waals surface area contributed by atoms with E-state index in [9.17, 15) is 0 Å². The van der Waals surface area contributed by atoms with Gasteiger partial charge in [-0.25, -0.2) is 0 Å². The molecule has 1 aromatic carbocycles. The first-order chi connectivity index (χ1) is 13.7. The molecule has 156 valence electrons. The summed E-state index contributed by atoms with van der Waals surface area (Å²) in [5.74, 6) is 1.95. The molecule has 1 aromatic rings. The average Bonchev–Trinajstić information content (AvgIpc) is 3.22. The highest BCUT2D eigenvalue weighted by Gasteiger charge is 2.38. The lowest BCUT2D eigenvalue weighted by molar-refractivity contribution is 0.206. The van der Waals surface area contributed by atoms with Gasteiger partial charge in [-0.2, -0.15) is 0 Å². The van der Waals surface area contributed by atoms with Crippen LogP contribution in [0.4, 0.5) is 0 Å². The number of methoxy groups -OCH3 is 1. The van der Waals surface area contributed by atoms with Gasteiger partial charge in [0.15, 0.2) is 5.96 Å². The van der Waals surface area contributed by atoms with Gasteiger partial charge in [-0.1, -0.05) is 38.0 Å². The molecule has 3 rings (SSSR count). The van der Waals surface area contributed by atoms with Crippen molar-refractivity contribution in [3.05, 3.63) is 29.8 Å². The molecule has 2 fully saturated rings. The Morgan fingerprint density at radius 2 is 1.93 bits per heavy atom. The van der Waals surface area contributed by atoms with Crippen LogP contribution in [0.2, 0.25) is 0 Å². The van der Waals surface area contributed by atoms with Gasteiger partial charge in [0.05, 0.1) is 7.11 Å². The Labute approximate surface area is 170 Å². The quantitative estimate of drug-likeness (QED) is 0.556. The zero-order chi connectivity index (χ0) is 19.8. The number of nitrogens with one attached hydrogen (secondary N) is 2. The number of likely N-dealkylation sites (tertiary alicyclic amines) is 1. The number of nitrogens with zero attached hydrogens (tertiary/aromatic N) is 2. The fraction of sp³-hybridized carbons (Fsp3) is 0.696. The number of para-hydroxylation sites is 1. The van der Waals surface area contributed by atoms with Gasteiger partial charge in [0.25, 0.3) is 0 Å². The second kappa shape index (κ2) is 10.1. The molecule has 0 bridgehead atoms. The van der Waals surface area contributed by atoms with Crippen LogP contribution in [-0.4, -0.2) is 57.2 Å². The Hall–Kier alpha value is -1.75. The van der Waals surface area contributed by atoms with Crippen molar-refractivity contribution in [3.8, 4) is 5.75 Å². The van der Waals surface area contributed by atoms with Crippen molar-refractivity contribution in [2.45, 2.75) is 63.3 Å². The molecule has 1 saturated carbocycles. The highest BCUT2D eigenvalue weighted by Crippen LogP contribution is 2.44. The van der Waals surface area contributed by atoms with Crippen molar-refractivity contribution < 1.29 is 4.74 Å². The summed E-state index contributed by atoms with van der Waals surface area (Å²) < 4.78 is 5.69. The van der Waals surface area contributed by atoms with E-state index in [1.165, 1.54) is 70.1 Å². The minimum atomic E-state index is 0.134. The highest BCUT2D eigenvalue weighted by atomic mass is 16.5. The van der Waals surface area contributed by atoms with E-state index in [1.54, 1.807) is 7.11 Å². The summed E-state index contributed by atoms with van der Waals surface area (Å²) in [4.78, 5) is 7.09. The van der Waals surface area contributed by atoms with E-state index in [4.69, 9.17) is 4.74 Å². The number of hydrogen-bond acceptors (Lipinski definition) is 3. The summed E-state index contributed by atoms with van der Waals surface area (Å²) in [7, 11) is 3.66. The number of piperidine rings is 1. The Morgan fingerprint density at radius 3 is 2.57 bits per heavy atom. The van der Waals surface area contributed by atoms with Crippen molar-refractivity contribution in [3.63, 3.8) is 0 Å². The maximum absolute atomic E-state index is 5.69. The molecule has 5 heteroatoms. The predicted molar refractivity (Wildman–Crippen MR) is 117 cm³/mol. The number of hydrogen-bond donors (Lipinski definition) is 2. The molecule has 1 heterocycles. The minimum Gasteiger partial charge on any atom is -0.496 e. The molecule has 0 aromatic heterocycles. The predicted octanol–water partition coefficient (Wildman–Crippen LogP) is 3.55. The number of aliphatic imine (C=N–C) groups is 1. The van der Waals surface area contributed by atoms with Crippen molar-refractivity contribution in [2.24, 2.45) is 4.99 Å². The van der Waals surface area contributed by atoms with Gasteiger partial charge >= 0.3 is 0 Å². The number of guanidine groups is 1. The van der Waals surface area contributed by atoms with Crippen LogP contribution in [0, 0.1) is 0 Å². The summed E-state index contributed by atoms with van der Waals surface area (Å²) in [6.07, 6.45) is 8.59. The molecule has 2 aliphatic rings. The van der Waals surface area contributed by atoms with Crippen LogP contribution in [0.15, 0.2) is 29.3 Å². The molecular formula is C23H38N4O. The van der Waals surface area contributed by atoms with Crippen LogP contribution >= 0.6 is 0 Å². The smallest absolute Gasteiger partial charge is 0.191 e. The standard InChI is InChI=1S/C23H38N4O/c1-4-15-27-16-11-19(12-17-27)26-22(24-2)25-18-23(13-7-8-14-23)20-9-5-6-10-21(20)28-3/h5-6,9-10,19H,4,7-8,11-18H2,1-3H3,(H2,24,25,26). The Kier molecular flexibility index (Phi) is 7.60. The minimum absolute atomic E-state index is 0.134. The molecule has 1 aliphatic heterocycles. The maximum atomic E-state index is 5.69. The Bertz CT molecular complexity index is 631. The first-order valence-electron chi connectivity index (χ1n) is 11.0. The molecule has 0 atom stereocenters. The SMILES string of the molecule is CCCN1CCC(NC(=NC)NCC2(c3ccccc3OC)CCCC2)CC1. The van der Waals surface area contributed by atoms with Gasteiger partial charge < -0.3 is 20.3 Å². The van der Waals surface area contributed by atoms with E-state index < -0.39 is 0 Å². The molecule has 1 aliphatic carbocycles. The molecule has 2 N–H and O–H groups in total.